The third kappa shape index (κ3) is 6.85. The van der Waals surface area contributed by atoms with Crippen molar-refractivity contribution in [1.29, 1.82) is 0 Å². The van der Waals surface area contributed by atoms with Gasteiger partial charge < -0.3 is 25.4 Å². The van der Waals surface area contributed by atoms with Crippen LogP contribution in [0.3, 0.4) is 0 Å². The van der Waals surface area contributed by atoms with Crippen LogP contribution >= 0.6 is 24.2 Å². The Bertz CT molecular complexity index is 1110. The zero-order chi connectivity index (χ0) is 26.6. The summed E-state index contributed by atoms with van der Waals surface area (Å²) in [5.74, 6) is -1.18. The maximum atomic E-state index is 13.8. The smallest absolute Gasteiger partial charge is 0.408 e. The molecule has 0 bridgehead atoms. The van der Waals surface area contributed by atoms with Crippen LogP contribution in [0.5, 0.6) is 5.75 Å². The molecule has 2 aromatic carbocycles. The molecule has 0 spiro atoms. The fraction of sp³-hybridized carbons (Fsp3) is 0.423. The van der Waals surface area contributed by atoms with Crippen LogP contribution in [0.15, 0.2) is 42.5 Å². The van der Waals surface area contributed by atoms with Crippen molar-refractivity contribution < 1.29 is 24.2 Å². The zero-order valence-corrected chi connectivity index (χ0v) is 22.4. The van der Waals surface area contributed by atoms with E-state index < -0.39 is 35.6 Å². The molecule has 3 N–H and O–H groups in total. The second-order valence-electron chi connectivity index (χ2n) is 9.74. The summed E-state index contributed by atoms with van der Waals surface area (Å²) in [4.78, 5) is 41.4. The number of phenols is 1. The molecular formula is C26H32ClN3O5S. The molecule has 1 aliphatic carbocycles. The largest absolute Gasteiger partial charge is 0.508 e. The van der Waals surface area contributed by atoms with Crippen LogP contribution < -0.4 is 10.6 Å². The van der Waals surface area contributed by atoms with Crippen molar-refractivity contribution >= 4 is 47.8 Å². The first-order chi connectivity index (χ1) is 16.9. The Morgan fingerprint density at radius 1 is 1.17 bits per heavy atom. The van der Waals surface area contributed by atoms with Gasteiger partial charge in [0.1, 0.15) is 23.4 Å². The number of halogens is 1. The molecule has 8 nitrogen and oxygen atoms in total. The second-order valence-corrected chi connectivity index (χ2v) is 10.5. The fourth-order valence-electron chi connectivity index (χ4n) is 3.80. The van der Waals surface area contributed by atoms with E-state index in [1.54, 1.807) is 51.1 Å². The number of hydrogen-bond acceptors (Lipinski definition) is 6. The minimum atomic E-state index is -1.18. The summed E-state index contributed by atoms with van der Waals surface area (Å²) < 4.78 is 5.30. The minimum Gasteiger partial charge on any atom is -0.508 e. The van der Waals surface area contributed by atoms with Gasteiger partial charge in [-0.2, -0.15) is 12.6 Å². The zero-order valence-electron chi connectivity index (χ0n) is 20.7. The number of hydrogen-bond donors (Lipinski definition) is 4. The van der Waals surface area contributed by atoms with E-state index in [0.29, 0.717) is 23.6 Å². The molecule has 0 aliphatic heterocycles. The molecule has 2 unspecified atom stereocenters. The van der Waals surface area contributed by atoms with Crippen molar-refractivity contribution in [3.05, 3.63) is 58.6 Å². The van der Waals surface area contributed by atoms with Gasteiger partial charge in [-0.3, -0.25) is 9.59 Å². The molecular weight excluding hydrogens is 502 g/mol. The van der Waals surface area contributed by atoms with E-state index in [-0.39, 0.29) is 23.1 Å². The van der Waals surface area contributed by atoms with Gasteiger partial charge >= 0.3 is 6.09 Å². The summed E-state index contributed by atoms with van der Waals surface area (Å²) in [5.41, 5.74) is 0.673. The third-order valence-corrected chi connectivity index (χ3v) is 6.27. The quantitative estimate of drug-likeness (QED) is 0.363. The van der Waals surface area contributed by atoms with Crippen molar-refractivity contribution in [2.45, 2.75) is 64.3 Å². The van der Waals surface area contributed by atoms with Gasteiger partial charge in [-0.15, -0.1) is 0 Å². The van der Waals surface area contributed by atoms with Gasteiger partial charge in [-0.1, -0.05) is 41.9 Å². The van der Waals surface area contributed by atoms with E-state index in [1.165, 1.54) is 11.0 Å². The lowest BCUT2D eigenvalue weighted by atomic mass is 10.0. The highest BCUT2D eigenvalue weighted by molar-refractivity contribution is 7.80. The number of benzene rings is 2. The van der Waals surface area contributed by atoms with E-state index in [1.807, 2.05) is 13.0 Å². The minimum absolute atomic E-state index is 0.0139. The number of nitrogens with one attached hydrogen (secondary N) is 2. The maximum Gasteiger partial charge on any atom is 0.408 e. The summed E-state index contributed by atoms with van der Waals surface area (Å²) in [6.45, 7) is 6.96. The van der Waals surface area contributed by atoms with Crippen LogP contribution in [-0.4, -0.2) is 51.4 Å². The molecule has 2 aromatic rings. The normalized spacial score (nSPS) is 14.9. The molecule has 3 rings (SSSR count). The number of aryl methyl sites for hydroxylation is 1. The molecule has 0 heterocycles. The molecule has 194 valence electrons. The standard InChI is InChI=1S/C26H32ClN3O5S/c1-15-8-7-10-18(27)21(15)29-23(32)22(17-9-5-6-11-20(17)31)30(16-12-13-16)24(33)19(14-36)28-25(34)35-26(2,3)4/h5-11,16,19,22,31,36H,12-14H2,1-4H3,(H,28,34)(H,29,32). The van der Waals surface area contributed by atoms with Crippen LogP contribution in [0, 0.1) is 6.92 Å². The molecule has 0 saturated heterocycles. The first kappa shape index (κ1) is 27.7. The fourth-order valence-corrected chi connectivity index (χ4v) is 4.32. The molecule has 0 radical (unpaired) electrons. The van der Waals surface area contributed by atoms with Gasteiger partial charge in [0.2, 0.25) is 5.91 Å². The second kappa shape index (κ2) is 11.4. The van der Waals surface area contributed by atoms with Crippen LogP contribution in [0.2, 0.25) is 5.02 Å². The Balaban J connectivity index is 1.99. The van der Waals surface area contributed by atoms with Gasteiger partial charge in [0, 0.05) is 17.4 Å². The summed E-state index contributed by atoms with van der Waals surface area (Å²) in [5, 5.41) is 16.4. The molecule has 10 heteroatoms. The van der Waals surface area contributed by atoms with Crippen molar-refractivity contribution in [2.24, 2.45) is 0 Å². The Labute approximate surface area is 221 Å². The van der Waals surface area contributed by atoms with Gasteiger partial charge in [0.15, 0.2) is 0 Å². The van der Waals surface area contributed by atoms with Crippen molar-refractivity contribution in [2.75, 3.05) is 11.1 Å². The SMILES string of the molecule is Cc1cccc(Cl)c1NC(=O)C(c1ccccc1O)N(C(=O)C(CS)NC(=O)OC(C)(C)C)C1CC1. The highest BCUT2D eigenvalue weighted by Gasteiger charge is 2.44. The molecule has 1 saturated carbocycles. The van der Waals surface area contributed by atoms with Gasteiger partial charge in [-0.25, -0.2) is 4.79 Å². The van der Waals surface area contributed by atoms with E-state index in [9.17, 15) is 19.5 Å². The number of carbonyl (C=O) groups excluding carboxylic acids is 3. The molecule has 1 aliphatic rings. The summed E-state index contributed by atoms with van der Waals surface area (Å²) in [6.07, 6.45) is 0.598. The number of ether oxygens (including phenoxy) is 1. The summed E-state index contributed by atoms with van der Waals surface area (Å²) in [7, 11) is 0. The summed E-state index contributed by atoms with van der Waals surface area (Å²) in [6, 6.07) is 9.13. The number of nitrogens with zero attached hydrogens (tertiary/aromatic N) is 1. The van der Waals surface area contributed by atoms with Crippen molar-refractivity contribution in [3.8, 4) is 5.75 Å². The summed E-state index contributed by atoms with van der Waals surface area (Å²) >= 11 is 10.6. The highest BCUT2D eigenvalue weighted by Crippen LogP contribution is 2.39. The average Bonchev–Trinajstić information content (AvgIpc) is 3.62. The lowest BCUT2D eigenvalue weighted by molar-refractivity contribution is -0.141. The van der Waals surface area contributed by atoms with Gasteiger partial charge in [0.25, 0.3) is 5.91 Å². The average molecular weight is 534 g/mol. The monoisotopic (exact) mass is 533 g/mol. The number of amides is 3. The number of carbonyl (C=O) groups is 3. The molecule has 36 heavy (non-hydrogen) atoms. The number of aromatic hydroxyl groups is 1. The van der Waals surface area contributed by atoms with E-state index >= 15 is 0 Å². The molecule has 0 aromatic heterocycles. The maximum absolute atomic E-state index is 13.8. The number of phenolic OH excluding ortho intramolecular Hbond substituents is 1. The van der Waals surface area contributed by atoms with Gasteiger partial charge in [-0.05, 0) is 58.2 Å². The Morgan fingerprint density at radius 3 is 2.39 bits per heavy atom. The number of para-hydroxylation sites is 2. The lowest BCUT2D eigenvalue weighted by Crippen LogP contribution is -2.54. The third-order valence-electron chi connectivity index (χ3n) is 5.59. The predicted octanol–water partition coefficient (Wildman–Crippen LogP) is 4.85. The predicted molar refractivity (Wildman–Crippen MR) is 143 cm³/mol. The topological polar surface area (TPSA) is 108 Å². The van der Waals surface area contributed by atoms with Crippen LogP contribution in [0.25, 0.3) is 0 Å². The lowest BCUT2D eigenvalue weighted by Gasteiger charge is -2.34. The Morgan fingerprint density at radius 2 is 1.83 bits per heavy atom. The Kier molecular flexibility index (Phi) is 8.79. The Hall–Kier alpha value is -2.91. The van der Waals surface area contributed by atoms with Crippen molar-refractivity contribution in [3.63, 3.8) is 0 Å². The number of alkyl carbamates (subject to hydrolysis) is 1. The van der Waals surface area contributed by atoms with Crippen LogP contribution in [-0.2, 0) is 14.3 Å². The number of rotatable bonds is 8. The van der Waals surface area contributed by atoms with Crippen LogP contribution in [0.4, 0.5) is 10.5 Å². The first-order valence-corrected chi connectivity index (χ1v) is 12.7. The highest BCUT2D eigenvalue weighted by atomic mass is 35.5. The number of thiol groups is 1. The molecule has 1 fully saturated rings. The van der Waals surface area contributed by atoms with E-state index in [0.717, 1.165) is 5.56 Å². The molecule has 3 amide bonds. The first-order valence-electron chi connectivity index (χ1n) is 11.7. The number of anilines is 1. The molecule has 2 atom stereocenters. The van der Waals surface area contributed by atoms with E-state index in [4.69, 9.17) is 16.3 Å². The van der Waals surface area contributed by atoms with E-state index in [2.05, 4.69) is 23.3 Å². The van der Waals surface area contributed by atoms with Crippen molar-refractivity contribution in [1.82, 2.24) is 10.2 Å². The van der Waals surface area contributed by atoms with Crippen LogP contribution in [0.1, 0.15) is 50.8 Å². The van der Waals surface area contributed by atoms with Gasteiger partial charge in [0.05, 0.1) is 10.7 Å².